The van der Waals surface area contributed by atoms with Gasteiger partial charge in [-0.05, 0) is 53.7 Å². The fraction of sp³-hybridized carbons (Fsp3) is 0.463. The van der Waals surface area contributed by atoms with Gasteiger partial charge in [-0.2, -0.15) is 0 Å². The number of aromatic nitrogens is 4. The van der Waals surface area contributed by atoms with Crippen LogP contribution in [0, 0.1) is 17.8 Å². The quantitative estimate of drug-likeness (QED) is 0.124. The number of carbonyl (C=O) groups is 4. The van der Waals surface area contributed by atoms with Crippen LogP contribution in [-0.2, 0) is 19.1 Å². The second-order valence-electron chi connectivity index (χ2n) is 15.4. The van der Waals surface area contributed by atoms with Crippen molar-refractivity contribution in [2.45, 2.75) is 78.0 Å². The molecule has 56 heavy (non-hydrogen) atoms. The number of halogens is 1. The molecule has 2 aromatic carbocycles. The summed E-state index contributed by atoms with van der Waals surface area (Å²) in [5.41, 5.74) is 5.26. The summed E-state index contributed by atoms with van der Waals surface area (Å²) in [6, 6.07) is 14.2. The molecule has 2 fully saturated rings. The molecule has 2 aromatic heterocycles. The zero-order valence-electron chi connectivity index (χ0n) is 32.9. The summed E-state index contributed by atoms with van der Waals surface area (Å²) >= 11 is 6.73. The lowest BCUT2D eigenvalue weighted by molar-refractivity contribution is -0.136. The molecule has 0 aliphatic carbocycles. The number of nitrogens with one attached hydrogen (secondary N) is 4. The van der Waals surface area contributed by atoms with Crippen LogP contribution in [-0.4, -0.2) is 93.1 Å². The molecule has 14 nitrogen and oxygen atoms in total. The summed E-state index contributed by atoms with van der Waals surface area (Å²) in [6.07, 6.45) is 2.83. The highest BCUT2D eigenvalue weighted by molar-refractivity contribution is 6.31. The van der Waals surface area contributed by atoms with Gasteiger partial charge < -0.3 is 39.9 Å². The maximum atomic E-state index is 13.7. The first-order valence-electron chi connectivity index (χ1n) is 19.1. The standard InChI is InChI=1S/C41H51ClN8O6/c1-22(2)32(46-40(53)55-6)38(51)49-18-8-9-30(49)36-43-20-29(44-36)27-14-10-25(11-15-27)26-12-16-28(17-13-26)34-35(42)48-37(45-34)31-19-24(5)21-50(31)39(52)33(23(3)4)47-41(54)56-7/h10-17,20,22-24,30-33H,8-9,18-19,21H2,1-7H3,(H,43,44)(H,45,48)(H,46,53)(H,47,54)/t24-,30-,31-,32-,33-/m0/s1. The summed E-state index contributed by atoms with van der Waals surface area (Å²) in [7, 11) is 2.56. The Morgan fingerprint density at radius 2 is 1.30 bits per heavy atom. The number of hydrogen-bond acceptors (Lipinski definition) is 8. The number of methoxy groups -OCH3 is 2. The van der Waals surface area contributed by atoms with Crippen LogP contribution in [0.25, 0.3) is 33.6 Å². The van der Waals surface area contributed by atoms with Crippen LogP contribution in [0.3, 0.4) is 0 Å². The van der Waals surface area contributed by atoms with Crippen molar-refractivity contribution in [2.75, 3.05) is 27.3 Å². The van der Waals surface area contributed by atoms with Crippen molar-refractivity contribution < 1.29 is 28.7 Å². The van der Waals surface area contributed by atoms with Crippen LogP contribution >= 0.6 is 11.6 Å². The van der Waals surface area contributed by atoms with Crippen LogP contribution in [0.15, 0.2) is 54.7 Å². The molecule has 0 unspecified atom stereocenters. The van der Waals surface area contributed by atoms with Crippen LogP contribution < -0.4 is 10.6 Å². The van der Waals surface area contributed by atoms with E-state index in [1.807, 2.05) is 76.2 Å². The average molecular weight is 787 g/mol. The average Bonchev–Trinajstić information content (AvgIpc) is 4.02. The highest BCUT2D eigenvalue weighted by Gasteiger charge is 2.41. The van der Waals surface area contributed by atoms with Gasteiger partial charge >= 0.3 is 12.2 Å². The minimum atomic E-state index is -0.735. The summed E-state index contributed by atoms with van der Waals surface area (Å²) < 4.78 is 9.52. The van der Waals surface area contributed by atoms with Crippen LogP contribution in [0.5, 0.6) is 0 Å². The van der Waals surface area contributed by atoms with Crippen molar-refractivity contribution >= 4 is 35.6 Å². The molecule has 4 amide bonds. The van der Waals surface area contributed by atoms with E-state index in [9.17, 15) is 19.2 Å². The lowest BCUT2D eigenvalue weighted by Crippen LogP contribution is -2.51. The van der Waals surface area contributed by atoms with E-state index in [0.29, 0.717) is 42.0 Å². The van der Waals surface area contributed by atoms with E-state index in [2.05, 4.69) is 32.5 Å². The first-order chi connectivity index (χ1) is 26.8. The van der Waals surface area contributed by atoms with E-state index in [1.54, 1.807) is 16.0 Å². The molecule has 5 atom stereocenters. The van der Waals surface area contributed by atoms with E-state index in [-0.39, 0.29) is 41.7 Å². The Morgan fingerprint density at radius 3 is 1.86 bits per heavy atom. The molecule has 0 bridgehead atoms. The Morgan fingerprint density at radius 1 is 0.768 bits per heavy atom. The molecule has 2 saturated heterocycles. The van der Waals surface area contributed by atoms with Gasteiger partial charge in [0.1, 0.15) is 34.6 Å². The van der Waals surface area contributed by atoms with Gasteiger partial charge in [0.05, 0.1) is 38.2 Å². The number of amides is 4. The number of likely N-dealkylation sites (tertiary alicyclic amines) is 2. The molecule has 298 valence electrons. The second-order valence-corrected chi connectivity index (χ2v) is 15.8. The largest absolute Gasteiger partial charge is 0.453 e. The van der Waals surface area contributed by atoms with Crippen LogP contribution in [0.2, 0.25) is 5.15 Å². The third kappa shape index (κ3) is 8.54. The first kappa shape index (κ1) is 40.3. The SMILES string of the molecule is COC(=O)N[C@H](C(=O)N1CCC[C@H]1c1ncc(-c2ccc(-c3ccc(-c4nc([C@@H]5C[C@H](C)CN5C(=O)[C@@H](NC(=O)OC)C(C)C)[nH]c4Cl)cc3)cc2)[nH]1)C(C)C. The van der Waals surface area contributed by atoms with Gasteiger partial charge in [-0.25, -0.2) is 19.6 Å². The van der Waals surface area contributed by atoms with E-state index >= 15 is 0 Å². The number of benzene rings is 2. The Bertz CT molecular complexity index is 2030. The molecular formula is C41H51ClN8O6. The monoisotopic (exact) mass is 786 g/mol. The van der Waals surface area contributed by atoms with Crippen molar-refractivity contribution in [1.82, 2.24) is 40.4 Å². The molecule has 4 aromatic rings. The van der Waals surface area contributed by atoms with Gasteiger partial charge in [0, 0.05) is 18.7 Å². The maximum Gasteiger partial charge on any atom is 0.407 e. The van der Waals surface area contributed by atoms with Gasteiger partial charge in [0.15, 0.2) is 0 Å². The molecule has 0 radical (unpaired) electrons. The van der Waals surface area contributed by atoms with Gasteiger partial charge in [-0.15, -0.1) is 0 Å². The summed E-state index contributed by atoms with van der Waals surface area (Å²) in [6.45, 7) is 10.8. The van der Waals surface area contributed by atoms with Crippen molar-refractivity contribution in [3.05, 3.63) is 71.5 Å². The van der Waals surface area contributed by atoms with Crippen molar-refractivity contribution in [1.29, 1.82) is 0 Å². The van der Waals surface area contributed by atoms with Crippen molar-refractivity contribution in [2.24, 2.45) is 17.8 Å². The minimum absolute atomic E-state index is 0.112. The van der Waals surface area contributed by atoms with Crippen molar-refractivity contribution in [3.63, 3.8) is 0 Å². The molecule has 4 heterocycles. The molecule has 15 heteroatoms. The summed E-state index contributed by atoms with van der Waals surface area (Å²) in [5.74, 6) is 0.962. The van der Waals surface area contributed by atoms with Gasteiger partial charge in [0.25, 0.3) is 0 Å². The number of rotatable bonds is 11. The molecular weight excluding hydrogens is 736 g/mol. The number of carbonyl (C=O) groups excluding carboxylic acids is 4. The summed E-state index contributed by atoms with van der Waals surface area (Å²) in [5, 5.41) is 5.77. The number of alkyl carbamates (subject to hydrolysis) is 2. The third-order valence-electron chi connectivity index (χ3n) is 10.7. The molecule has 2 aliphatic heterocycles. The Kier molecular flexibility index (Phi) is 12.4. The number of hydrogen-bond donors (Lipinski definition) is 4. The molecule has 4 N–H and O–H groups in total. The topological polar surface area (TPSA) is 175 Å². The van der Waals surface area contributed by atoms with Gasteiger partial charge in [-0.3, -0.25) is 9.59 Å². The normalized spacial score (nSPS) is 19.3. The van der Waals surface area contributed by atoms with E-state index in [1.165, 1.54) is 14.2 Å². The molecule has 6 rings (SSSR count). The molecule has 0 spiro atoms. The predicted molar refractivity (Wildman–Crippen MR) is 212 cm³/mol. The number of imidazole rings is 2. The zero-order valence-corrected chi connectivity index (χ0v) is 33.6. The first-order valence-corrected chi connectivity index (χ1v) is 19.5. The Balaban J connectivity index is 1.14. The van der Waals surface area contributed by atoms with E-state index in [4.69, 9.17) is 26.1 Å². The number of H-pyrrole nitrogens is 2. The minimum Gasteiger partial charge on any atom is -0.453 e. The van der Waals surface area contributed by atoms with Gasteiger partial charge in [-0.1, -0.05) is 94.8 Å². The predicted octanol–water partition coefficient (Wildman–Crippen LogP) is 7.12. The highest BCUT2D eigenvalue weighted by atomic mass is 35.5. The van der Waals surface area contributed by atoms with E-state index in [0.717, 1.165) is 40.8 Å². The fourth-order valence-electron chi connectivity index (χ4n) is 7.65. The van der Waals surface area contributed by atoms with Crippen LogP contribution in [0.4, 0.5) is 9.59 Å². The van der Waals surface area contributed by atoms with Gasteiger partial charge in [0.2, 0.25) is 11.8 Å². The lowest BCUT2D eigenvalue weighted by atomic mass is 10.0. The highest BCUT2D eigenvalue weighted by Crippen LogP contribution is 2.38. The zero-order chi connectivity index (χ0) is 40.3. The molecule has 2 aliphatic rings. The maximum absolute atomic E-state index is 13.7. The smallest absolute Gasteiger partial charge is 0.407 e. The Hall–Kier alpha value is -5.37. The molecule has 0 saturated carbocycles. The Labute approximate surface area is 332 Å². The number of ether oxygens (including phenoxy) is 2. The number of nitrogens with zero attached hydrogens (tertiary/aromatic N) is 4. The third-order valence-corrected chi connectivity index (χ3v) is 11.0. The van der Waals surface area contributed by atoms with E-state index < -0.39 is 24.3 Å². The van der Waals surface area contributed by atoms with Crippen molar-refractivity contribution in [3.8, 4) is 33.6 Å². The number of aromatic amines is 2. The lowest BCUT2D eigenvalue weighted by Gasteiger charge is -2.30. The fourth-order valence-corrected chi connectivity index (χ4v) is 7.90. The van der Waals surface area contributed by atoms with Crippen LogP contribution in [0.1, 0.15) is 77.6 Å². The summed E-state index contributed by atoms with van der Waals surface area (Å²) in [4.78, 5) is 71.0. The second kappa shape index (κ2) is 17.2.